The SMILES string of the molecule is CC1(C#N)CN(CCOCc2ccccc2)C1. The van der Waals surface area contributed by atoms with Gasteiger partial charge in [0.05, 0.1) is 24.7 Å². The predicted molar refractivity (Wildman–Crippen MR) is 66.3 cm³/mol. The highest BCUT2D eigenvalue weighted by Gasteiger charge is 2.38. The molecule has 2 rings (SSSR count). The summed E-state index contributed by atoms with van der Waals surface area (Å²) in [6.45, 7) is 6.08. The van der Waals surface area contributed by atoms with Crippen LogP contribution in [0.5, 0.6) is 0 Å². The number of nitrogens with zero attached hydrogens (tertiary/aromatic N) is 2. The Kier molecular flexibility index (Phi) is 3.78. The lowest BCUT2D eigenvalue weighted by Gasteiger charge is -2.43. The molecule has 1 heterocycles. The lowest BCUT2D eigenvalue weighted by atomic mass is 9.84. The van der Waals surface area contributed by atoms with Gasteiger partial charge in [-0.3, -0.25) is 4.90 Å². The van der Waals surface area contributed by atoms with Crippen LogP contribution in [0.4, 0.5) is 0 Å². The molecular weight excluding hydrogens is 212 g/mol. The van der Waals surface area contributed by atoms with Crippen molar-refractivity contribution in [2.75, 3.05) is 26.2 Å². The Morgan fingerprint density at radius 3 is 2.71 bits per heavy atom. The molecule has 1 saturated heterocycles. The van der Waals surface area contributed by atoms with Crippen LogP contribution in [-0.4, -0.2) is 31.1 Å². The first-order chi connectivity index (χ1) is 8.22. The van der Waals surface area contributed by atoms with E-state index < -0.39 is 0 Å². The highest BCUT2D eigenvalue weighted by Crippen LogP contribution is 2.27. The van der Waals surface area contributed by atoms with E-state index in [1.165, 1.54) is 5.56 Å². The Morgan fingerprint density at radius 1 is 1.35 bits per heavy atom. The predicted octanol–water partition coefficient (Wildman–Crippen LogP) is 2.05. The highest BCUT2D eigenvalue weighted by molar-refractivity contribution is 5.13. The number of nitriles is 1. The molecule has 0 bridgehead atoms. The molecule has 0 spiro atoms. The third-order valence-corrected chi connectivity index (χ3v) is 3.08. The molecule has 1 aromatic carbocycles. The van der Waals surface area contributed by atoms with Crippen molar-refractivity contribution in [3.05, 3.63) is 35.9 Å². The smallest absolute Gasteiger partial charge is 0.0799 e. The van der Waals surface area contributed by atoms with Crippen LogP contribution in [0.15, 0.2) is 30.3 Å². The second-order valence-electron chi connectivity index (χ2n) is 4.92. The van der Waals surface area contributed by atoms with Crippen LogP contribution < -0.4 is 0 Å². The van der Waals surface area contributed by atoms with Crippen LogP contribution in [-0.2, 0) is 11.3 Å². The molecule has 0 N–H and O–H groups in total. The highest BCUT2D eigenvalue weighted by atomic mass is 16.5. The topological polar surface area (TPSA) is 36.3 Å². The van der Waals surface area contributed by atoms with Gasteiger partial charge in [-0.1, -0.05) is 30.3 Å². The molecule has 0 amide bonds. The summed E-state index contributed by atoms with van der Waals surface area (Å²) >= 11 is 0. The number of rotatable bonds is 5. The fraction of sp³-hybridized carbons (Fsp3) is 0.500. The maximum absolute atomic E-state index is 8.88. The third kappa shape index (κ3) is 3.29. The van der Waals surface area contributed by atoms with Gasteiger partial charge in [0.25, 0.3) is 0 Å². The summed E-state index contributed by atoms with van der Waals surface area (Å²) in [6.07, 6.45) is 0. The molecule has 17 heavy (non-hydrogen) atoms. The monoisotopic (exact) mass is 230 g/mol. The van der Waals surface area contributed by atoms with E-state index in [9.17, 15) is 0 Å². The summed E-state index contributed by atoms with van der Waals surface area (Å²) in [7, 11) is 0. The van der Waals surface area contributed by atoms with Crippen molar-refractivity contribution >= 4 is 0 Å². The normalized spacial score (nSPS) is 18.4. The molecule has 0 saturated carbocycles. The molecule has 1 aliphatic heterocycles. The summed E-state index contributed by atoms with van der Waals surface area (Å²) < 4.78 is 5.60. The zero-order valence-corrected chi connectivity index (χ0v) is 10.2. The molecule has 3 heteroatoms. The Hall–Kier alpha value is -1.37. The van der Waals surface area contributed by atoms with Crippen molar-refractivity contribution in [1.82, 2.24) is 4.90 Å². The summed E-state index contributed by atoms with van der Waals surface area (Å²) in [6, 6.07) is 12.5. The quantitative estimate of drug-likeness (QED) is 0.726. The second kappa shape index (κ2) is 5.31. The van der Waals surface area contributed by atoms with Crippen LogP contribution in [0.1, 0.15) is 12.5 Å². The van der Waals surface area contributed by atoms with Gasteiger partial charge in [0.15, 0.2) is 0 Å². The average Bonchev–Trinajstić information content (AvgIpc) is 2.33. The van der Waals surface area contributed by atoms with Crippen LogP contribution in [0, 0.1) is 16.7 Å². The minimum absolute atomic E-state index is 0.126. The second-order valence-corrected chi connectivity index (χ2v) is 4.92. The van der Waals surface area contributed by atoms with Crippen molar-refractivity contribution in [3.8, 4) is 6.07 Å². The number of likely N-dealkylation sites (tertiary alicyclic amines) is 1. The minimum atomic E-state index is -0.126. The third-order valence-electron chi connectivity index (χ3n) is 3.08. The van der Waals surface area contributed by atoms with E-state index in [2.05, 4.69) is 23.1 Å². The van der Waals surface area contributed by atoms with Gasteiger partial charge in [-0.25, -0.2) is 0 Å². The summed E-state index contributed by atoms with van der Waals surface area (Å²) in [5.41, 5.74) is 1.08. The van der Waals surface area contributed by atoms with Crippen LogP contribution in [0.2, 0.25) is 0 Å². The molecule has 1 aromatic rings. The molecule has 0 atom stereocenters. The number of ether oxygens (including phenoxy) is 1. The molecule has 1 fully saturated rings. The summed E-state index contributed by atoms with van der Waals surface area (Å²) in [5.74, 6) is 0. The molecule has 0 aromatic heterocycles. The molecule has 1 aliphatic rings. The van der Waals surface area contributed by atoms with E-state index in [1.54, 1.807) is 0 Å². The van der Waals surface area contributed by atoms with Crippen molar-refractivity contribution < 1.29 is 4.74 Å². The lowest BCUT2D eigenvalue weighted by molar-refractivity contribution is 0.0203. The molecule has 0 unspecified atom stereocenters. The van der Waals surface area contributed by atoms with E-state index in [0.29, 0.717) is 6.61 Å². The Morgan fingerprint density at radius 2 is 2.06 bits per heavy atom. The standard InChI is InChI=1S/C14H18N2O/c1-14(10-15)11-16(12-14)7-8-17-9-13-5-3-2-4-6-13/h2-6H,7-9,11-12H2,1H3. The first-order valence-electron chi connectivity index (χ1n) is 5.97. The zero-order chi connectivity index (χ0) is 12.1. The molecule has 0 radical (unpaired) electrons. The first kappa shape index (κ1) is 12.1. The van der Waals surface area contributed by atoms with Crippen LogP contribution in [0.25, 0.3) is 0 Å². The van der Waals surface area contributed by atoms with Gasteiger partial charge in [0, 0.05) is 19.6 Å². The van der Waals surface area contributed by atoms with Crippen LogP contribution in [0.3, 0.4) is 0 Å². The van der Waals surface area contributed by atoms with Crippen molar-refractivity contribution in [3.63, 3.8) is 0 Å². The Bertz CT molecular complexity index is 390. The average molecular weight is 230 g/mol. The van der Waals surface area contributed by atoms with Gasteiger partial charge in [0.2, 0.25) is 0 Å². The maximum Gasteiger partial charge on any atom is 0.0799 e. The molecule has 3 nitrogen and oxygen atoms in total. The van der Waals surface area contributed by atoms with Gasteiger partial charge in [0.1, 0.15) is 0 Å². The van der Waals surface area contributed by atoms with Gasteiger partial charge >= 0.3 is 0 Å². The summed E-state index contributed by atoms with van der Waals surface area (Å²) in [4.78, 5) is 2.26. The van der Waals surface area contributed by atoms with E-state index >= 15 is 0 Å². The number of hydrogen-bond donors (Lipinski definition) is 0. The molecule has 90 valence electrons. The van der Waals surface area contributed by atoms with Crippen molar-refractivity contribution in [1.29, 1.82) is 5.26 Å². The van der Waals surface area contributed by atoms with Gasteiger partial charge in [-0.2, -0.15) is 5.26 Å². The number of benzene rings is 1. The van der Waals surface area contributed by atoms with E-state index in [1.807, 2.05) is 25.1 Å². The van der Waals surface area contributed by atoms with Gasteiger partial charge in [-0.05, 0) is 12.5 Å². The first-order valence-corrected chi connectivity index (χ1v) is 5.97. The largest absolute Gasteiger partial charge is 0.375 e. The Labute approximate surface area is 103 Å². The number of hydrogen-bond acceptors (Lipinski definition) is 3. The van der Waals surface area contributed by atoms with Crippen LogP contribution >= 0.6 is 0 Å². The van der Waals surface area contributed by atoms with E-state index in [0.717, 1.165) is 26.2 Å². The summed E-state index contributed by atoms with van der Waals surface area (Å²) in [5, 5.41) is 8.88. The lowest BCUT2D eigenvalue weighted by Crippen LogP contribution is -2.54. The zero-order valence-electron chi connectivity index (χ0n) is 10.2. The molecule has 0 aliphatic carbocycles. The van der Waals surface area contributed by atoms with E-state index in [4.69, 9.17) is 10.00 Å². The van der Waals surface area contributed by atoms with Crippen molar-refractivity contribution in [2.45, 2.75) is 13.5 Å². The Balaban J connectivity index is 1.58. The van der Waals surface area contributed by atoms with Gasteiger partial charge in [-0.15, -0.1) is 0 Å². The molecular formula is C14H18N2O. The van der Waals surface area contributed by atoms with Crippen molar-refractivity contribution in [2.24, 2.45) is 5.41 Å². The van der Waals surface area contributed by atoms with E-state index in [-0.39, 0.29) is 5.41 Å². The fourth-order valence-electron chi connectivity index (χ4n) is 2.13. The maximum atomic E-state index is 8.88. The minimum Gasteiger partial charge on any atom is -0.375 e. The fourth-order valence-corrected chi connectivity index (χ4v) is 2.13. The van der Waals surface area contributed by atoms with Gasteiger partial charge < -0.3 is 4.74 Å².